The van der Waals surface area contributed by atoms with Crippen LogP contribution in [0.1, 0.15) is 59.8 Å². The summed E-state index contributed by atoms with van der Waals surface area (Å²) in [6, 6.07) is -0.174. The number of amides is 1. The number of carbonyl (C=O) groups is 2. The smallest absolute Gasteiger partial charge is 0.309 e. The van der Waals surface area contributed by atoms with Gasteiger partial charge in [0.15, 0.2) is 0 Å². The molecule has 122 valence electrons. The van der Waals surface area contributed by atoms with Gasteiger partial charge in [0.2, 0.25) is 5.91 Å². The maximum Gasteiger partial charge on any atom is 0.309 e. The van der Waals surface area contributed by atoms with Crippen molar-refractivity contribution < 1.29 is 14.7 Å². The number of hydrogen-bond donors (Lipinski definition) is 2. The highest BCUT2D eigenvalue weighted by molar-refractivity contribution is 5.78. The Morgan fingerprint density at radius 3 is 2.19 bits per heavy atom. The van der Waals surface area contributed by atoms with Gasteiger partial charge < -0.3 is 15.7 Å². The van der Waals surface area contributed by atoms with Gasteiger partial charge in [-0.05, 0) is 24.7 Å². The topological polar surface area (TPSA) is 83.6 Å². The van der Waals surface area contributed by atoms with Gasteiger partial charge >= 0.3 is 5.97 Å². The lowest BCUT2D eigenvalue weighted by Gasteiger charge is -2.39. The first-order chi connectivity index (χ1) is 9.62. The van der Waals surface area contributed by atoms with Gasteiger partial charge in [-0.2, -0.15) is 0 Å². The molecule has 1 aliphatic heterocycles. The summed E-state index contributed by atoms with van der Waals surface area (Å²) >= 11 is 0. The van der Waals surface area contributed by atoms with Gasteiger partial charge in [0, 0.05) is 25.6 Å². The Labute approximate surface area is 127 Å². The molecule has 1 unspecified atom stereocenters. The molecule has 0 spiro atoms. The van der Waals surface area contributed by atoms with Gasteiger partial charge in [-0.25, -0.2) is 0 Å². The summed E-state index contributed by atoms with van der Waals surface area (Å²) in [5.74, 6) is -0.671. The van der Waals surface area contributed by atoms with Crippen LogP contribution in [0.3, 0.4) is 0 Å². The number of piperidine rings is 1. The zero-order valence-electron chi connectivity index (χ0n) is 13.8. The van der Waals surface area contributed by atoms with Crippen LogP contribution in [0.4, 0.5) is 0 Å². The minimum atomic E-state index is -0.720. The van der Waals surface area contributed by atoms with Crippen LogP contribution in [0, 0.1) is 10.8 Å². The molecule has 21 heavy (non-hydrogen) atoms. The van der Waals surface area contributed by atoms with Crippen LogP contribution in [-0.4, -0.2) is 41.0 Å². The molecule has 1 heterocycles. The van der Waals surface area contributed by atoms with E-state index in [9.17, 15) is 14.7 Å². The molecule has 0 radical (unpaired) electrons. The van der Waals surface area contributed by atoms with Crippen molar-refractivity contribution >= 4 is 11.9 Å². The van der Waals surface area contributed by atoms with Crippen molar-refractivity contribution in [2.75, 3.05) is 13.1 Å². The van der Waals surface area contributed by atoms with Crippen LogP contribution in [0.2, 0.25) is 0 Å². The molecule has 1 aliphatic rings. The molecule has 1 atom stereocenters. The summed E-state index contributed by atoms with van der Waals surface area (Å²) in [5, 5.41) is 9.47. The Kier molecular flexibility index (Phi) is 5.79. The highest BCUT2D eigenvalue weighted by Gasteiger charge is 2.41. The van der Waals surface area contributed by atoms with E-state index in [1.54, 1.807) is 4.90 Å². The molecule has 1 amide bonds. The number of nitrogens with two attached hydrogens (primary N) is 1. The van der Waals surface area contributed by atoms with Crippen LogP contribution >= 0.6 is 0 Å². The quantitative estimate of drug-likeness (QED) is 0.815. The van der Waals surface area contributed by atoms with E-state index in [1.165, 1.54) is 0 Å². The number of rotatable bonds is 5. The molecule has 5 heteroatoms. The third kappa shape index (κ3) is 4.43. The Bertz CT molecular complexity index is 379. The van der Waals surface area contributed by atoms with Crippen LogP contribution in [0.5, 0.6) is 0 Å². The number of likely N-dealkylation sites (tertiary alicyclic amines) is 1. The molecule has 3 N–H and O–H groups in total. The summed E-state index contributed by atoms with van der Waals surface area (Å²) in [6.45, 7) is 9.14. The summed E-state index contributed by atoms with van der Waals surface area (Å²) in [4.78, 5) is 25.6. The fourth-order valence-electron chi connectivity index (χ4n) is 2.86. The zero-order chi connectivity index (χ0) is 16.3. The van der Waals surface area contributed by atoms with Crippen LogP contribution in [0.25, 0.3) is 0 Å². The SMILES string of the molecule is CCCC1(C(=O)O)CCN(C(=O)CC(N)C(C)(C)C)CC1. The first-order valence-electron chi connectivity index (χ1n) is 7.89. The van der Waals surface area contributed by atoms with Crippen molar-refractivity contribution in [2.24, 2.45) is 16.6 Å². The molecule has 5 nitrogen and oxygen atoms in total. The Morgan fingerprint density at radius 1 is 1.29 bits per heavy atom. The van der Waals surface area contributed by atoms with E-state index in [0.29, 0.717) is 38.8 Å². The van der Waals surface area contributed by atoms with Gasteiger partial charge in [0.05, 0.1) is 5.41 Å². The zero-order valence-corrected chi connectivity index (χ0v) is 13.8. The van der Waals surface area contributed by atoms with E-state index in [4.69, 9.17) is 5.73 Å². The molecule has 0 saturated carbocycles. The number of carbonyl (C=O) groups excluding carboxylic acids is 1. The third-order valence-corrected chi connectivity index (χ3v) is 4.76. The first-order valence-corrected chi connectivity index (χ1v) is 7.89. The fraction of sp³-hybridized carbons (Fsp3) is 0.875. The van der Waals surface area contributed by atoms with Gasteiger partial charge in [-0.15, -0.1) is 0 Å². The molecule has 0 aromatic carbocycles. The summed E-state index contributed by atoms with van der Waals surface area (Å²) in [7, 11) is 0. The third-order valence-electron chi connectivity index (χ3n) is 4.76. The van der Waals surface area contributed by atoms with Gasteiger partial charge in [0.25, 0.3) is 0 Å². The number of hydrogen-bond acceptors (Lipinski definition) is 3. The van der Waals surface area contributed by atoms with E-state index >= 15 is 0 Å². The summed E-state index contributed by atoms with van der Waals surface area (Å²) in [5.41, 5.74) is 5.33. The second-order valence-electron chi connectivity index (χ2n) is 7.39. The molecule has 1 rings (SSSR count). The van der Waals surface area contributed by atoms with E-state index in [1.807, 2.05) is 27.7 Å². The van der Waals surface area contributed by atoms with E-state index in [-0.39, 0.29) is 17.4 Å². The maximum atomic E-state index is 12.3. The summed E-state index contributed by atoms with van der Waals surface area (Å²) in [6.07, 6.45) is 2.97. The predicted octanol–water partition coefficient (Wildman–Crippen LogP) is 2.24. The second kappa shape index (κ2) is 6.77. The molecule has 1 saturated heterocycles. The molecular weight excluding hydrogens is 268 g/mol. The highest BCUT2D eigenvalue weighted by Crippen LogP contribution is 2.36. The Balaban J connectivity index is 2.60. The normalized spacial score (nSPS) is 20.1. The minimum Gasteiger partial charge on any atom is -0.481 e. The van der Waals surface area contributed by atoms with Crippen molar-refractivity contribution in [3.63, 3.8) is 0 Å². The standard InChI is InChI=1S/C16H30N2O3/c1-5-6-16(14(20)21)7-9-18(10-8-16)13(19)11-12(17)15(2,3)4/h12H,5-11,17H2,1-4H3,(H,20,21). The predicted molar refractivity (Wildman–Crippen MR) is 82.8 cm³/mol. The molecule has 0 aromatic heterocycles. The van der Waals surface area contributed by atoms with E-state index < -0.39 is 11.4 Å². The lowest BCUT2D eigenvalue weighted by atomic mass is 9.75. The second-order valence-corrected chi connectivity index (χ2v) is 7.39. The lowest BCUT2D eigenvalue weighted by Crippen LogP contribution is -2.48. The number of aliphatic carboxylic acids is 1. The first kappa shape index (κ1) is 18.0. The average Bonchev–Trinajstić information content (AvgIpc) is 2.38. The highest BCUT2D eigenvalue weighted by atomic mass is 16.4. The van der Waals surface area contributed by atoms with E-state index in [0.717, 1.165) is 6.42 Å². The molecule has 1 fully saturated rings. The number of carboxylic acids is 1. The van der Waals surface area contributed by atoms with Crippen molar-refractivity contribution in [1.29, 1.82) is 0 Å². The average molecular weight is 298 g/mol. The van der Waals surface area contributed by atoms with Gasteiger partial charge in [0.1, 0.15) is 0 Å². The maximum absolute atomic E-state index is 12.3. The molecule has 0 aromatic rings. The molecule has 0 aliphatic carbocycles. The van der Waals surface area contributed by atoms with Crippen molar-refractivity contribution in [2.45, 2.75) is 65.8 Å². The van der Waals surface area contributed by atoms with E-state index in [2.05, 4.69) is 0 Å². The van der Waals surface area contributed by atoms with Gasteiger partial charge in [-0.3, -0.25) is 9.59 Å². The Morgan fingerprint density at radius 2 is 1.81 bits per heavy atom. The van der Waals surface area contributed by atoms with Crippen molar-refractivity contribution in [3.05, 3.63) is 0 Å². The monoisotopic (exact) mass is 298 g/mol. The summed E-state index contributed by atoms with van der Waals surface area (Å²) < 4.78 is 0. The van der Waals surface area contributed by atoms with Crippen molar-refractivity contribution in [1.82, 2.24) is 4.90 Å². The lowest BCUT2D eigenvalue weighted by molar-refractivity contribution is -0.155. The minimum absolute atomic E-state index is 0.0490. The largest absolute Gasteiger partial charge is 0.481 e. The van der Waals surface area contributed by atoms with Gasteiger partial charge in [-0.1, -0.05) is 34.1 Å². The van der Waals surface area contributed by atoms with Crippen LogP contribution in [0.15, 0.2) is 0 Å². The number of nitrogens with zero attached hydrogens (tertiary/aromatic N) is 1. The molecular formula is C16H30N2O3. The fourth-order valence-corrected chi connectivity index (χ4v) is 2.86. The van der Waals surface area contributed by atoms with Crippen LogP contribution in [-0.2, 0) is 9.59 Å². The van der Waals surface area contributed by atoms with Crippen molar-refractivity contribution in [3.8, 4) is 0 Å². The van der Waals surface area contributed by atoms with Crippen LogP contribution < -0.4 is 5.73 Å². The Hall–Kier alpha value is -1.10. The number of carboxylic acid groups (broad SMARTS) is 1. The molecule has 0 bridgehead atoms.